The predicted octanol–water partition coefficient (Wildman–Crippen LogP) is 0.149. The Morgan fingerprint density at radius 3 is 3.44 bits per heavy atom. The number of hydrogen-bond acceptors (Lipinski definition) is 2. The fourth-order valence-corrected chi connectivity index (χ4v) is 0.782. The Hall–Kier alpha value is -1.38. The number of imidazole rings is 1. The first-order chi connectivity index (χ1) is 4.47. The van der Waals surface area contributed by atoms with E-state index in [0.717, 1.165) is 11.4 Å². The van der Waals surface area contributed by atoms with E-state index in [1.54, 1.807) is 18.7 Å². The molecule has 1 radical (unpaired) electrons. The third-order valence-corrected chi connectivity index (χ3v) is 1.22. The average molecular weight is 119 g/mol. The zero-order valence-corrected chi connectivity index (χ0v) is 4.70. The normalized spacial score (nSPS) is 13.8. The van der Waals surface area contributed by atoms with Gasteiger partial charge in [0.1, 0.15) is 11.4 Å². The summed E-state index contributed by atoms with van der Waals surface area (Å²) in [4.78, 5) is 10.9. The summed E-state index contributed by atoms with van der Waals surface area (Å²) in [6, 6.07) is 0. The van der Waals surface area contributed by atoms with Gasteiger partial charge in [-0.1, -0.05) is 0 Å². The molecule has 0 saturated carbocycles. The van der Waals surface area contributed by atoms with Crippen LogP contribution in [0.25, 0.3) is 6.08 Å². The van der Waals surface area contributed by atoms with Gasteiger partial charge in [0.05, 0.1) is 11.3 Å². The highest BCUT2D eigenvalue weighted by Crippen LogP contribution is 2.02. The second-order valence-electron chi connectivity index (χ2n) is 1.80. The van der Waals surface area contributed by atoms with Crippen molar-refractivity contribution in [3.63, 3.8) is 0 Å². The van der Waals surface area contributed by atoms with Gasteiger partial charge in [0.15, 0.2) is 0 Å². The van der Waals surface area contributed by atoms with E-state index in [-0.39, 0.29) is 0 Å². The van der Waals surface area contributed by atoms with Gasteiger partial charge >= 0.3 is 0 Å². The van der Waals surface area contributed by atoms with Crippen LogP contribution in [-0.4, -0.2) is 16.2 Å². The quantitative estimate of drug-likeness (QED) is 0.519. The molecule has 0 fully saturated rings. The maximum atomic E-state index is 4.02. The van der Waals surface area contributed by atoms with Gasteiger partial charge in [0.2, 0.25) is 6.20 Å². The van der Waals surface area contributed by atoms with E-state index in [0.29, 0.717) is 0 Å². The van der Waals surface area contributed by atoms with Crippen LogP contribution in [0.1, 0.15) is 11.4 Å². The van der Waals surface area contributed by atoms with E-state index in [2.05, 4.69) is 15.0 Å². The van der Waals surface area contributed by atoms with Gasteiger partial charge in [-0.2, -0.15) is 0 Å². The summed E-state index contributed by atoms with van der Waals surface area (Å²) < 4.78 is 0. The van der Waals surface area contributed by atoms with Crippen LogP contribution in [0.2, 0.25) is 0 Å². The molecule has 3 nitrogen and oxygen atoms in total. The molecule has 2 heterocycles. The highest BCUT2D eigenvalue weighted by atomic mass is 14.9. The Kier molecular flexibility index (Phi) is 0.773. The summed E-state index contributed by atoms with van der Waals surface area (Å²) in [5.41, 5.74) is 1.95. The van der Waals surface area contributed by atoms with Gasteiger partial charge in [0.25, 0.3) is 6.21 Å². The van der Waals surface area contributed by atoms with Crippen molar-refractivity contribution in [3.05, 3.63) is 23.9 Å². The fraction of sp³-hybridized carbons (Fsp3) is 0. The Morgan fingerprint density at radius 1 is 1.56 bits per heavy atom. The lowest BCUT2D eigenvalue weighted by atomic mass is 10.3. The third kappa shape index (κ3) is 0.579. The zero-order valence-electron chi connectivity index (χ0n) is 4.70. The van der Waals surface area contributed by atoms with Gasteiger partial charge in [-0.15, -0.1) is 0 Å². The molecule has 0 amide bonds. The van der Waals surface area contributed by atoms with Crippen LogP contribution in [0, 0.1) is 0 Å². The lowest BCUT2D eigenvalue weighted by Crippen LogP contribution is -1.94. The number of fused-ring (bicyclic) bond motifs is 1. The van der Waals surface area contributed by atoms with E-state index >= 15 is 0 Å². The molecule has 0 saturated heterocycles. The second-order valence-corrected chi connectivity index (χ2v) is 1.80. The van der Waals surface area contributed by atoms with Crippen molar-refractivity contribution in [2.24, 2.45) is 0 Å². The summed E-state index contributed by atoms with van der Waals surface area (Å²) in [5, 5.41) is 0. The average Bonchev–Trinajstić information content (AvgIpc) is 2.33. The summed E-state index contributed by atoms with van der Waals surface area (Å²) in [6.45, 7) is 0. The van der Waals surface area contributed by atoms with Gasteiger partial charge in [0, 0.05) is 6.08 Å². The number of H-pyrrole nitrogens is 1. The zero-order chi connectivity index (χ0) is 6.10. The van der Waals surface area contributed by atoms with Gasteiger partial charge in [-0.3, -0.25) is 0 Å². The van der Waals surface area contributed by atoms with Crippen molar-refractivity contribution in [3.8, 4) is 0 Å². The van der Waals surface area contributed by atoms with E-state index in [1.807, 2.05) is 6.08 Å². The molecular formula is C6H5N3+. The van der Waals surface area contributed by atoms with Crippen LogP contribution >= 0.6 is 0 Å². The minimum Gasteiger partial charge on any atom is -0.339 e. The Labute approximate surface area is 52.2 Å². The molecule has 0 bridgehead atoms. The molecule has 3 heteroatoms. The van der Waals surface area contributed by atoms with E-state index in [1.165, 1.54) is 0 Å². The summed E-state index contributed by atoms with van der Waals surface area (Å²) in [5.74, 6) is 0. The van der Waals surface area contributed by atoms with Gasteiger partial charge in [-0.25, -0.2) is 4.98 Å². The van der Waals surface area contributed by atoms with Crippen LogP contribution in [0.3, 0.4) is 0 Å². The molecule has 0 atom stereocenters. The molecule has 1 aromatic rings. The summed E-state index contributed by atoms with van der Waals surface area (Å²) >= 11 is 0. The molecule has 0 aromatic carbocycles. The number of rotatable bonds is 0. The molecule has 1 aromatic heterocycles. The number of hydrogen-bond donors (Lipinski definition) is 1. The molecule has 43 valence electrons. The SMILES string of the molecule is C1=Cc2nc[nH]c2C=[N+]1. The molecule has 0 aliphatic carbocycles. The molecule has 1 aliphatic heterocycles. The predicted molar refractivity (Wildman–Crippen MR) is 34.9 cm³/mol. The lowest BCUT2D eigenvalue weighted by molar-refractivity contribution is 1.30. The number of aromatic amines is 1. The highest BCUT2D eigenvalue weighted by molar-refractivity contribution is 5.83. The minimum atomic E-state index is 0.963. The van der Waals surface area contributed by atoms with Crippen molar-refractivity contribution in [2.45, 2.75) is 0 Å². The number of nitrogens with zero attached hydrogens (tertiary/aromatic N) is 2. The van der Waals surface area contributed by atoms with Crippen molar-refractivity contribution in [1.82, 2.24) is 15.0 Å². The maximum absolute atomic E-state index is 4.02. The third-order valence-electron chi connectivity index (χ3n) is 1.22. The van der Waals surface area contributed by atoms with Crippen molar-refractivity contribution >= 4 is 12.3 Å². The Balaban J connectivity index is 2.68. The van der Waals surface area contributed by atoms with E-state index < -0.39 is 0 Å². The Bertz CT molecular complexity index is 243. The van der Waals surface area contributed by atoms with Crippen LogP contribution in [0.5, 0.6) is 0 Å². The highest BCUT2D eigenvalue weighted by Gasteiger charge is 2.07. The second kappa shape index (κ2) is 1.55. The molecule has 2 rings (SSSR count). The molecule has 0 spiro atoms. The van der Waals surface area contributed by atoms with Crippen molar-refractivity contribution in [2.75, 3.05) is 0 Å². The first-order valence-corrected chi connectivity index (χ1v) is 2.70. The Morgan fingerprint density at radius 2 is 2.56 bits per heavy atom. The van der Waals surface area contributed by atoms with Crippen molar-refractivity contribution < 1.29 is 0 Å². The summed E-state index contributed by atoms with van der Waals surface area (Å²) in [7, 11) is 0. The van der Waals surface area contributed by atoms with Gasteiger partial charge in [-0.05, 0) is 0 Å². The van der Waals surface area contributed by atoms with Crippen molar-refractivity contribution in [1.29, 1.82) is 0 Å². The maximum Gasteiger partial charge on any atom is 0.267 e. The van der Waals surface area contributed by atoms with Gasteiger partial charge < -0.3 is 4.98 Å². The number of aromatic nitrogens is 2. The van der Waals surface area contributed by atoms with Crippen LogP contribution in [-0.2, 0) is 0 Å². The fourth-order valence-electron chi connectivity index (χ4n) is 0.782. The number of nitrogens with one attached hydrogen (secondary N) is 1. The molecule has 9 heavy (non-hydrogen) atoms. The summed E-state index contributed by atoms with van der Waals surface area (Å²) in [6.07, 6.45) is 7.00. The largest absolute Gasteiger partial charge is 0.339 e. The molecule has 1 aliphatic rings. The monoisotopic (exact) mass is 119 g/mol. The topological polar surface area (TPSA) is 42.8 Å². The van der Waals surface area contributed by atoms with E-state index in [4.69, 9.17) is 0 Å². The van der Waals surface area contributed by atoms with Crippen LogP contribution < -0.4 is 4.99 Å². The van der Waals surface area contributed by atoms with Crippen LogP contribution in [0.4, 0.5) is 0 Å². The standard InChI is InChI=1S/C6H5N3/c1-2-7-3-6-5(1)8-4-9-6/h1-4H,(H,8,9)/q+1. The molecule has 0 unspecified atom stereocenters. The lowest BCUT2D eigenvalue weighted by Gasteiger charge is -1.82. The smallest absolute Gasteiger partial charge is 0.267 e. The molecule has 1 N–H and O–H groups in total. The van der Waals surface area contributed by atoms with Crippen LogP contribution in [0.15, 0.2) is 12.5 Å². The van der Waals surface area contributed by atoms with E-state index in [9.17, 15) is 0 Å². The molecular weight excluding hydrogens is 114 g/mol. The number of aliphatic imine (C=N–C) groups is 1. The minimum absolute atomic E-state index is 0.963. The first kappa shape index (κ1) is 4.49. The first-order valence-electron chi connectivity index (χ1n) is 2.70.